The topological polar surface area (TPSA) is 39.2 Å². The Hall–Kier alpha value is -1.27. The summed E-state index contributed by atoms with van der Waals surface area (Å²) in [5.74, 6) is 2.68. The van der Waals surface area contributed by atoms with E-state index in [1.807, 2.05) is 0 Å². The quantitative estimate of drug-likeness (QED) is 0.381. The second-order valence-corrected chi connectivity index (χ2v) is 8.38. The molecule has 0 radical (unpaired) electrons. The second-order valence-electron chi connectivity index (χ2n) is 6.27. The first-order valence-corrected chi connectivity index (χ1v) is 9.74. The van der Waals surface area contributed by atoms with Gasteiger partial charge in [-0.2, -0.15) is 0 Å². The lowest BCUT2D eigenvalue weighted by atomic mass is 9.93. The van der Waals surface area contributed by atoms with Crippen LogP contribution in [0.5, 0.6) is 0 Å². The average Bonchev–Trinajstić information content (AvgIpc) is 3.10. The van der Waals surface area contributed by atoms with Gasteiger partial charge in [-0.05, 0) is 70.6 Å². The lowest BCUT2D eigenvalue weighted by Gasteiger charge is -2.14. The number of benzene rings is 1. The SMILES string of the molecule is Cc1c(Cc2cc(N)c3ccsc3c2)oc2c1C(I)=CC[C@@H]2C. The lowest BCUT2D eigenvalue weighted by Crippen LogP contribution is -1.99. The van der Waals surface area contributed by atoms with Gasteiger partial charge in [-0.15, -0.1) is 11.3 Å². The predicted molar refractivity (Wildman–Crippen MR) is 108 cm³/mol. The van der Waals surface area contributed by atoms with Crippen molar-refractivity contribution in [1.82, 2.24) is 0 Å². The van der Waals surface area contributed by atoms with Crippen LogP contribution in [-0.2, 0) is 6.42 Å². The molecule has 0 amide bonds. The van der Waals surface area contributed by atoms with E-state index in [1.165, 1.54) is 25.0 Å². The molecule has 1 aromatic carbocycles. The minimum Gasteiger partial charge on any atom is -0.464 e. The van der Waals surface area contributed by atoms with E-state index in [9.17, 15) is 0 Å². The zero-order valence-corrected chi connectivity index (χ0v) is 16.1. The third-order valence-corrected chi connectivity index (χ3v) is 6.48. The van der Waals surface area contributed by atoms with Gasteiger partial charge in [0.1, 0.15) is 11.5 Å². The van der Waals surface area contributed by atoms with E-state index in [1.54, 1.807) is 11.3 Å². The van der Waals surface area contributed by atoms with E-state index >= 15 is 0 Å². The van der Waals surface area contributed by atoms with Gasteiger partial charge < -0.3 is 10.2 Å². The Morgan fingerprint density at radius 2 is 2.22 bits per heavy atom. The summed E-state index contributed by atoms with van der Waals surface area (Å²) in [5, 5.41) is 3.25. The summed E-state index contributed by atoms with van der Waals surface area (Å²) in [5.41, 5.74) is 10.9. The molecule has 4 heteroatoms. The highest BCUT2D eigenvalue weighted by atomic mass is 127. The molecule has 118 valence electrons. The first-order valence-electron chi connectivity index (χ1n) is 7.78. The van der Waals surface area contributed by atoms with E-state index < -0.39 is 0 Å². The monoisotopic (exact) mass is 435 g/mol. The summed E-state index contributed by atoms with van der Waals surface area (Å²) in [6.07, 6.45) is 4.18. The number of hydrogen-bond donors (Lipinski definition) is 1. The zero-order chi connectivity index (χ0) is 16.1. The number of hydrogen-bond acceptors (Lipinski definition) is 3. The number of nitrogens with two attached hydrogens (primary N) is 1. The van der Waals surface area contributed by atoms with Gasteiger partial charge in [0, 0.05) is 37.3 Å². The molecule has 23 heavy (non-hydrogen) atoms. The Morgan fingerprint density at radius 3 is 3.00 bits per heavy atom. The van der Waals surface area contributed by atoms with Crippen molar-refractivity contribution < 1.29 is 4.42 Å². The van der Waals surface area contributed by atoms with Gasteiger partial charge in [0.25, 0.3) is 0 Å². The summed E-state index contributed by atoms with van der Waals surface area (Å²) in [4.78, 5) is 0. The molecule has 1 aliphatic rings. The lowest BCUT2D eigenvalue weighted by molar-refractivity contribution is 0.442. The van der Waals surface area contributed by atoms with E-state index in [0.717, 1.165) is 35.4 Å². The summed E-state index contributed by atoms with van der Waals surface area (Å²) in [6.45, 7) is 4.41. The normalized spacial score (nSPS) is 17.3. The summed E-state index contributed by atoms with van der Waals surface area (Å²) >= 11 is 4.16. The Labute approximate surface area is 153 Å². The summed E-state index contributed by atoms with van der Waals surface area (Å²) in [7, 11) is 0. The van der Waals surface area contributed by atoms with E-state index in [-0.39, 0.29) is 0 Å². The molecule has 0 spiro atoms. The second kappa shape index (κ2) is 5.67. The highest BCUT2D eigenvalue weighted by Gasteiger charge is 2.26. The minimum absolute atomic E-state index is 0.459. The fourth-order valence-corrected chi connectivity index (χ4v) is 5.14. The highest BCUT2D eigenvalue weighted by molar-refractivity contribution is 14.1. The van der Waals surface area contributed by atoms with Crippen LogP contribution < -0.4 is 5.73 Å². The Bertz CT molecular complexity index is 934. The molecule has 2 heterocycles. The van der Waals surface area contributed by atoms with Crippen molar-refractivity contribution in [1.29, 1.82) is 0 Å². The molecule has 2 N–H and O–H groups in total. The largest absolute Gasteiger partial charge is 0.464 e. The fraction of sp³-hybridized carbons (Fsp3) is 0.263. The average molecular weight is 435 g/mol. The van der Waals surface area contributed by atoms with Crippen LogP contribution in [0, 0.1) is 6.92 Å². The van der Waals surface area contributed by atoms with Crippen molar-refractivity contribution >= 4 is 53.3 Å². The van der Waals surface area contributed by atoms with Gasteiger partial charge in [-0.3, -0.25) is 0 Å². The highest BCUT2D eigenvalue weighted by Crippen LogP contribution is 2.42. The molecule has 1 atom stereocenters. The number of anilines is 1. The van der Waals surface area contributed by atoms with Crippen LogP contribution in [-0.4, -0.2) is 0 Å². The smallest absolute Gasteiger partial charge is 0.115 e. The van der Waals surface area contributed by atoms with Crippen molar-refractivity contribution in [3.63, 3.8) is 0 Å². The van der Waals surface area contributed by atoms with Crippen LogP contribution in [0.4, 0.5) is 5.69 Å². The van der Waals surface area contributed by atoms with E-state index in [2.05, 4.69) is 66.1 Å². The molecule has 0 unspecified atom stereocenters. The molecule has 0 aliphatic heterocycles. The van der Waals surface area contributed by atoms with Gasteiger partial charge in [-0.25, -0.2) is 0 Å². The molecule has 2 aromatic heterocycles. The summed E-state index contributed by atoms with van der Waals surface area (Å²) in [6, 6.07) is 6.41. The molecule has 1 aliphatic carbocycles. The van der Waals surface area contributed by atoms with Gasteiger partial charge in [0.2, 0.25) is 0 Å². The molecular formula is C19H18INOS. The van der Waals surface area contributed by atoms with Gasteiger partial charge in [0.05, 0.1) is 0 Å². The maximum atomic E-state index is 6.27. The van der Waals surface area contributed by atoms with Crippen molar-refractivity contribution in [2.75, 3.05) is 5.73 Å². The van der Waals surface area contributed by atoms with Crippen molar-refractivity contribution in [2.45, 2.75) is 32.6 Å². The van der Waals surface area contributed by atoms with E-state index in [0.29, 0.717) is 5.92 Å². The first kappa shape index (κ1) is 15.3. The molecule has 0 bridgehead atoms. The van der Waals surface area contributed by atoms with Crippen LogP contribution in [0.3, 0.4) is 0 Å². The minimum atomic E-state index is 0.459. The maximum Gasteiger partial charge on any atom is 0.115 e. The molecule has 4 rings (SSSR count). The fourth-order valence-electron chi connectivity index (χ4n) is 3.33. The summed E-state index contributed by atoms with van der Waals surface area (Å²) < 4.78 is 8.84. The number of fused-ring (bicyclic) bond motifs is 2. The van der Waals surface area contributed by atoms with Crippen LogP contribution in [0.25, 0.3) is 13.7 Å². The van der Waals surface area contributed by atoms with Crippen molar-refractivity contribution in [3.8, 4) is 0 Å². The maximum absolute atomic E-state index is 6.27. The standard InChI is InChI=1S/C19H18INOS/c1-10-3-4-14(20)18-11(2)16(22-19(10)18)8-12-7-15(21)13-5-6-23-17(13)9-12/h4-7,9-10H,3,8,21H2,1-2H3/t10-/m0/s1. The van der Waals surface area contributed by atoms with Crippen LogP contribution in [0.15, 0.2) is 34.1 Å². The Kier molecular flexibility index (Phi) is 3.76. The number of halogens is 1. The predicted octanol–water partition coefficient (Wildman–Crippen LogP) is 6.26. The molecule has 0 saturated heterocycles. The Morgan fingerprint density at radius 1 is 1.39 bits per heavy atom. The van der Waals surface area contributed by atoms with Crippen LogP contribution >= 0.6 is 33.9 Å². The number of nitrogen functional groups attached to an aromatic ring is 1. The molecule has 0 fully saturated rings. The first-order chi connectivity index (χ1) is 11.0. The van der Waals surface area contributed by atoms with Gasteiger partial charge in [-0.1, -0.05) is 13.0 Å². The van der Waals surface area contributed by atoms with Crippen LogP contribution in [0.1, 0.15) is 47.5 Å². The molecule has 0 saturated carbocycles. The van der Waals surface area contributed by atoms with Gasteiger partial charge >= 0.3 is 0 Å². The van der Waals surface area contributed by atoms with Gasteiger partial charge in [0.15, 0.2) is 0 Å². The number of allylic oxidation sites excluding steroid dienone is 1. The van der Waals surface area contributed by atoms with Crippen LogP contribution in [0.2, 0.25) is 0 Å². The third kappa shape index (κ3) is 2.52. The Balaban J connectivity index is 1.77. The zero-order valence-electron chi connectivity index (χ0n) is 13.2. The van der Waals surface area contributed by atoms with E-state index in [4.69, 9.17) is 10.2 Å². The number of furan rings is 1. The number of thiophene rings is 1. The van der Waals surface area contributed by atoms with Crippen molar-refractivity contribution in [2.24, 2.45) is 0 Å². The van der Waals surface area contributed by atoms with Crippen molar-refractivity contribution in [3.05, 3.63) is 57.9 Å². The number of rotatable bonds is 2. The third-order valence-electron chi connectivity index (χ3n) is 4.64. The molecule has 2 nitrogen and oxygen atoms in total. The molecule has 3 aromatic rings. The molecular weight excluding hydrogens is 417 g/mol.